The van der Waals surface area contributed by atoms with Crippen LogP contribution in [0.2, 0.25) is 0 Å². The van der Waals surface area contributed by atoms with Gasteiger partial charge in [-0.05, 0) is 51.4 Å². The molecule has 1 atom stereocenters. The van der Waals surface area contributed by atoms with E-state index in [0.717, 1.165) is 48.1 Å². The van der Waals surface area contributed by atoms with Crippen LogP contribution in [0.5, 0.6) is 5.75 Å². The number of aromatic nitrogens is 2. The fourth-order valence-electron chi connectivity index (χ4n) is 3.65. The highest BCUT2D eigenvalue weighted by molar-refractivity contribution is 5.58. The normalized spacial score (nSPS) is 16.9. The molecule has 1 aliphatic rings. The summed E-state index contributed by atoms with van der Waals surface area (Å²) >= 11 is 0. The number of anilines is 3. The number of benzene rings is 1. The molecule has 1 fully saturated rings. The van der Waals surface area contributed by atoms with Crippen molar-refractivity contribution in [1.82, 2.24) is 20.2 Å². The molecule has 2 heterocycles. The van der Waals surface area contributed by atoms with Crippen molar-refractivity contribution >= 4 is 17.5 Å². The van der Waals surface area contributed by atoms with Crippen LogP contribution in [0.25, 0.3) is 0 Å². The fourth-order valence-corrected chi connectivity index (χ4v) is 3.65. The lowest BCUT2D eigenvalue weighted by atomic mass is 10.1. The molecule has 0 bridgehead atoms. The Morgan fingerprint density at radius 3 is 2.82 bits per heavy atom. The molecule has 1 aliphatic heterocycles. The van der Waals surface area contributed by atoms with Gasteiger partial charge in [0.05, 0.1) is 7.11 Å². The molecule has 7 nitrogen and oxygen atoms in total. The van der Waals surface area contributed by atoms with Gasteiger partial charge >= 0.3 is 0 Å². The van der Waals surface area contributed by atoms with Crippen LogP contribution in [0.15, 0.2) is 24.3 Å². The highest BCUT2D eigenvalue weighted by atomic mass is 16.5. The van der Waals surface area contributed by atoms with Crippen molar-refractivity contribution in [2.24, 2.45) is 0 Å². The quantitative estimate of drug-likeness (QED) is 0.574. The Balaban J connectivity index is 1.62. The molecule has 1 saturated heterocycles. The van der Waals surface area contributed by atoms with E-state index < -0.39 is 0 Å². The number of nitrogens with zero attached hydrogens (tertiary/aromatic N) is 3. The first-order valence-corrected chi connectivity index (χ1v) is 10.0. The molecule has 28 heavy (non-hydrogen) atoms. The van der Waals surface area contributed by atoms with Gasteiger partial charge in [0.2, 0.25) is 5.95 Å². The summed E-state index contributed by atoms with van der Waals surface area (Å²) in [7, 11) is 3.56. The lowest BCUT2D eigenvalue weighted by Gasteiger charge is -2.21. The second-order valence-corrected chi connectivity index (χ2v) is 7.32. The van der Waals surface area contributed by atoms with E-state index in [1.165, 1.54) is 19.4 Å². The van der Waals surface area contributed by atoms with E-state index in [-0.39, 0.29) is 0 Å². The standard InChI is InChI=1S/C21H32N6O/c1-15-12-20(22-3)26-21(24-15)25-18-7-8-19(28-4)17(13-18)14-23-9-11-27-10-5-6-16(27)2/h7-8,12-13,16,23H,5-6,9-11,14H2,1-4H3,(H2,22,24,25,26)/t16-/m0/s1. The predicted octanol–water partition coefficient (Wildman–Crippen LogP) is 3.15. The Morgan fingerprint density at radius 1 is 1.25 bits per heavy atom. The second kappa shape index (κ2) is 9.71. The molecule has 0 spiro atoms. The number of nitrogens with one attached hydrogen (secondary N) is 3. The fraction of sp³-hybridized carbons (Fsp3) is 0.524. The Bertz CT molecular complexity index is 781. The maximum absolute atomic E-state index is 5.53. The molecule has 3 rings (SSSR count). The number of methoxy groups -OCH3 is 1. The maximum Gasteiger partial charge on any atom is 0.229 e. The Kier molecular flexibility index (Phi) is 7.06. The van der Waals surface area contributed by atoms with E-state index >= 15 is 0 Å². The Labute approximate surface area is 167 Å². The lowest BCUT2D eigenvalue weighted by molar-refractivity contribution is 0.268. The minimum absolute atomic E-state index is 0.580. The second-order valence-electron chi connectivity index (χ2n) is 7.32. The van der Waals surface area contributed by atoms with E-state index in [1.54, 1.807) is 7.11 Å². The van der Waals surface area contributed by atoms with Crippen molar-refractivity contribution < 1.29 is 4.74 Å². The molecule has 0 saturated carbocycles. The summed E-state index contributed by atoms with van der Waals surface area (Å²) in [5.74, 6) is 2.26. The molecule has 0 radical (unpaired) electrons. The number of aryl methyl sites for hydroxylation is 1. The van der Waals surface area contributed by atoms with Crippen molar-refractivity contribution in [2.45, 2.75) is 39.3 Å². The van der Waals surface area contributed by atoms with Crippen molar-refractivity contribution in [3.05, 3.63) is 35.5 Å². The van der Waals surface area contributed by atoms with E-state index in [0.29, 0.717) is 12.0 Å². The third-order valence-electron chi connectivity index (χ3n) is 5.23. The molecule has 7 heteroatoms. The first-order valence-electron chi connectivity index (χ1n) is 10.0. The summed E-state index contributed by atoms with van der Waals surface area (Å²) < 4.78 is 5.53. The smallest absolute Gasteiger partial charge is 0.229 e. The first-order chi connectivity index (χ1) is 13.6. The van der Waals surface area contributed by atoms with E-state index in [4.69, 9.17) is 4.74 Å². The molecule has 152 valence electrons. The van der Waals surface area contributed by atoms with Gasteiger partial charge in [0.1, 0.15) is 11.6 Å². The van der Waals surface area contributed by atoms with Crippen LogP contribution in [0, 0.1) is 6.92 Å². The molecule has 1 aromatic carbocycles. The third kappa shape index (κ3) is 5.33. The van der Waals surface area contributed by atoms with Crippen LogP contribution in [0.3, 0.4) is 0 Å². The minimum Gasteiger partial charge on any atom is -0.496 e. The summed E-state index contributed by atoms with van der Waals surface area (Å²) in [6.45, 7) is 8.31. The van der Waals surface area contributed by atoms with Crippen molar-refractivity contribution in [2.75, 3.05) is 44.4 Å². The van der Waals surface area contributed by atoms with Gasteiger partial charge in [-0.1, -0.05) is 0 Å². The van der Waals surface area contributed by atoms with Crippen LogP contribution < -0.4 is 20.7 Å². The zero-order chi connectivity index (χ0) is 19.9. The first kappa shape index (κ1) is 20.4. The summed E-state index contributed by atoms with van der Waals surface area (Å²) in [5.41, 5.74) is 2.97. The summed E-state index contributed by atoms with van der Waals surface area (Å²) in [4.78, 5) is 11.5. The lowest BCUT2D eigenvalue weighted by Crippen LogP contribution is -2.34. The highest BCUT2D eigenvalue weighted by Gasteiger charge is 2.19. The summed E-state index contributed by atoms with van der Waals surface area (Å²) in [6.07, 6.45) is 2.64. The zero-order valence-electron chi connectivity index (χ0n) is 17.4. The molecule has 2 aromatic rings. The molecule has 1 aromatic heterocycles. The molecule has 0 amide bonds. The molecule has 3 N–H and O–H groups in total. The molecular formula is C21H32N6O. The maximum atomic E-state index is 5.53. The Morgan fingerprint density at radius 2 is 2.11 bits per heavy atom. The van der Waals surface area contributed by atoms with Crippen molar-refractivity contribution in [3.63, 3.8) is 0 Å². The Hall–Kier alpha value is -2.38. The number of hydrogen-bond acceptors (Lipinski definition) is 7. The number of ether oxygens (including phenoxy) is 1. The highest BCUT2D eigenvalue weighted by Crippen LogP contribution is 2.24. The number of rotatable bonds is 9. The van der Waals surface area contributed by atoms with Crippen molar-refractivity contribution in [3.8, 4) is 5.75 Å². The van der Waals surface area contributed by atoms with Crippen LogP contribution in [-0.2, 0) is 6.54 Å². The monoisotopic (exact) mass is 384 g/mol. The van der Waals surface area contributed by atoms with Gasteiger partial charge in [0.25, 0.3) is 0 Å². The average Bonchev–Trinajstić information content (AvgIpc) is 3.09. The molecular weight excluding hydrogens is 352 g/mol. The number of likely N-dealkylation sites (tertiary alicyclic amines) is 1. The van der Waals surface area contributed by atoms with Crippen molar-refractivity contribution in [1.29, 1.82) is 0 Å². The molecule has 0 unspecified atom stereocenters. The third-order valence-corrected chi connectivity index (χ3v) is 5.23. The predicted molar refractivity (Wildman–Crippen MR) is 115 cm³/mol. The van der Waals surface area contributed by atoms with Gasteiger partial charge in [-0.2, -0.15) is 4.98 Å². The van der Waals surface area contributed by atoms with Crippen LogP contribution in [-0.4, -0.2) is 54.7 Å². The van der Waals surface area contributed by atoms with Gasteiger partial charge in [-0.3, -0.25) is 4.90 Å². The summed E-state index contributed by atoms with van der Waals surface area (Å²) in [5, 5.41) is 9.91. The van der Waals surface area contributed by atoms with Gasteiger partial charge in [0, 0.05) is 55.7 Å². The minimum atomic E-state index is 0.580. The van der Waals surface area contributed by atoms with E-state index in [2.05, 4.69) is 43.8 Å². The zero-order valence-corrected chi connectivity index (χ0v) is 17.4. The average molecular weight is 385 g/mol. The molecule has 0 aliphatic carbocycles. The number of hydrogen-bond donors (Lipinski definition) is 3. The topological polar surface area (TPSA) is 74.3 Å². The van der Waals surface area contributed by atoms with E-state index in [1.807, 2.05) is 32.2 Å². The van der Waals surface area contributed by atoms with Crippen LogP contribution in [0.4, 0.5) is 17.5 Å². The van der Waals surface area contributed by atoms with Gasteiger partial charge in [-0.15, -0.1) is 0 Å². The summed E-state index contributed by atoms with van der Waals surface area (Å²) in [6, 6.07) is 8.68. The largest absolute Gasteiger partial charge is 0.496 e. The van der Waals surface area contributed by atoms with Gasteiger partial charge in [0.15, 0.2) is 0 Å². The van der Waals surface area contributed by atoms with Crippen LogP contribution >= 0.6 is 0 Å². The van der Waals surface area contributed by atoms with Crippen LogP contribution in [0.1, 0.15) is 31.0 Å². The van der Waals surface area contributed by atoms with E-state index in [9.17, 15) is 0 Å². The van der Waals surface area contributed by atoms with Gasteiger partial charge in [-0.25, -0.2) is 4.98 Å². The SMILES string of the molecule is CNc1cc(C)nc(Nc2ccc(OC)c(CNCCN3CCC[C@@H]3C)c2)n1. The van der Waals surface area contributed by atoms with Gasteiger partial charge < -0.3 is 20.7 Å².